The maximum atomic E-state index is 12.9. The van der Waals surface area contributed by atoms with Crippen molar-refractivity contribution in [1.82, 2.24) is 0 Å². The van der Waals surface area contributed by atoms with Crippen molar-refractivity contribution in [2.24, 2.45) is 0 Å². The molecule has 2 nitrogen and oxygen atoms in total. The fraction of sp³-hybridized carbons (Fsp3) is 0.231. The van der Waals surface area contributed by atoms with Crippen LogP contribution in [0, 0.1) is 6.92 Å². The van der Waals surface area contributed by atoms with Crippen molar-refractivity contribution >= 4 is 22.0 Å². The molecule has 102 valence electrons. The molecule has 1 N–H and O–H groups in total. The Kier molecular flexibility index (Phi) is 3.38. The summed E-state index contributed by atoms with van der Waals surface area (Å²) in [5.41, 5.74) is 0.953. The van der Waals surface area contributed by atoms with Crippen LogP contribution in [-0.4, -0.2) is 17.4 Å². The van der Waals surface area contributed by atoms with Gasteiger partial charge in [0.25, 0.3) is 0 Å². The molecule has 1 unspecified atom stereocenters. The van der Waals surface area contributed by atoms with E-state index in [1.165, 1.54) is 6.08 Å². The summed E-state index contributed by atoms with van der Waals surface area (Å²) >= 11 is 3.18. The number of alkyl halides is 3. The van der Waals surface area contributed by atoms with Crippen LogP contribution < -0.4 is 4.74 Å². The van der Waals surface area contributed by atoms with E-state index in [0.29, 0.717) is 10.0 Å². The molecule has 0 saturated heterocycles. The Labute approximate surface area is 116 Å². The van der Waals surface area contributed by atoms with Gasteiger partial charge in [0.2, 0.25) is 6.10 Å². The van der Waals surface area contributed by atoms with E-state index >= 15 is 0 Å². The van der Waals surface area contributed by atoms with Gasteiger partial charge in [-0.1, -0.05) is 6.58 Å². The van der Waals surface area contributed by atoms with Crippen LogP contribution in [0.2, 0.25) is 0 Å². The number of aliphatic hydroxyl groups is 1. The van der Waals surface area contributed by atoms with Crippen molar-refractivity contribution in [2.45, 2.75) is 19.2 Å². The predicted octanol–water partition coefficient (Wildman–Crippen LogP) is 4.54. The molecule has 1 aliphatic heterocycles. The zero-order chi connectivity index (χ0) is 14.4. The third-order valence-corrected chi connectivity index (χ3v) is 3.27. The smallest absolute Gasteiger partial charge is 0.429 e. The van der Waals surface area contributed by atoms with Gasteiger partial charge in [-0.15, -0.1) is 0 Å². The van der Waals surface area contributed by atoms with Gasteiger partial charge < -0.3 is 9.84 Å². The molecule has 0 aliphatic carbocycles. The lowest BCUT2D eigenvalue weighted by atomic mass is 9.99. The summed E-state index contributed by atoms with van der Waals surface area (Å²) < 4.78 is 44.2. The average molecular weight is 335 g/mol. The highest BCUT2D eigenvalue weighted by Crippen LogP contribution is 2.42. The van der Waals surface area contributed by atoms with Gasteiger partial charge in [-0.25, -0.2) is 0 Å². The van der Waals surface area contributed by atoms with Crippen LogP contribution >= 0.6 is 15.9 Å². The number of aryl methyl sites for hydroxylation is 1. The molecule has 0 bridgehead atoms. The Morgan fingerprint density at radius 3 is 2.58 bits per heavy atom. The molecule has 0 radical (unpaired) electrons. The number of hydrogen-bond acceptors (Lipinski definition) is 2. The van der Waals surface area contributed by atoms with Crippen LogP contribution in [0.15, 0.2) is 34.5 Å². The number of rotatable bonds is 1. The van der Waals surface area contributed by atoms with Crippen molar-refractivity contribution in [3.05, 3.63) is 45.6 Å². The number of aliphatic hydroxyl groups excluding tert-OH is 1. The number of halogens is 4. The largest absolute Gasteiger partial charge is 0.508 e. The van der Waals surface area contributed by atoms with Crippen LogP contribution in [0.1, 0.15) is 11.1 Å². The Hall–Kier alpha value is -1.43. The highest BCUT2D eigenvalue weighted by atomic mass is 79.9. The van der Waals surface area contributed by atoms with Crippen molar-refractivity contribution < 1.29 is 23.0 Å². The first-order chi connectivity index (χ1) is 8.70. The third kappa shape index (κ3) is 2.63. The Balaban J connectivity index is 2.61. The fourth-order valence-corrected chi connectivity index (χ4v) is 2.57. The van der Waals surface area contributed by atoms with E-state index in [9.17, 15) is 18.3 Å². The number of hydrogen-bond donors (Lipinski definition) is 1. The molecular formula is C13H10BrF3O2. The van der Waals surface area contributed by atoms with Gasteiger partial charge >= 0.3 is 6.18 Å². The van der Waals surface area contributed by atoms with E-state index in [4.69, 9.17) is 4.74 Å². The maximum absolute atomic E-state index is 12.9. The van der Waals surface area contributed by atoms with E-state index in [2.05, 4.69) is 22.5 Å². The van der Waals surface area contributed by atoms with Crippen molar-refractivity contribution in [3.63, 3.8) is 0 Å². The molecule has 1 aliphatic rings. The topological polar surface area (TPSA) is 29.5 Å². The standard InChI is InChI=1S/C13H10BrF3O2/c1-6-3-8-5-9(7(2)18)12(13(15,16)17)19-11(8)10(14)4-6/h3-5,12,18H,2H2,1H3. The number of fused-ring (bicyclic) bond motifs is 1. The minimum Gasteiger partial charge on any atom is -0.508 e. The van der Waals surface area contributed by atoms with Crippen molar-refractivity contribution in [1.29, 1.82) is 0 Å². The second kappa shape index (κ2) is 4.59. The summed E-state index contributed by atoms with van der Waals surface area (Å²) in [6.07, 6.45) is -5.59. The molecule has 0 spiro atoms. The molecular weight excluding hydrogens is 325 g/mol. The Morgan fingerprint density at radius 2 is 2.05 bits per heavy atom. The highest BCUT2D eigenvalue weighted by molar-refractivity contribution is 9.10. The van der Waals surface area contributed by atoms with Gasteiger partial charge in [-0.3, -0.25) is 0 Å². The second-order valence-corrected chi connectivity index (χ2v) is 5.11. The van der Waals surface area contributed by atoms with Gasteiger partial charge in [-0.05, 0) is 46.6 Å². The summed E-state index contributed by atoms with van der Waals surface area (Å²) in [6.45, 7) is 4.96. The summed E-state index contributed by atoms with van der Waals surface area (Å²) in [7, 11) is 0. The Morgan fingerprint density at radius 1 is 1.42 bits per heavy atom. The zero-order valence-electron chi connectivity index (χ0n) is 9.88. The first-order valence-corrected chi connectivity index (χ1v) is 6.13. The first-order valence-electron chi connectivity index (χ1n) is 5.33. The van der Waals surface area contributed by atoms with Crippen LogP contribution in [-0.2, 0) is 0 Å². The molecule has 0 fully saturated rings. The van der Waals surface area contributed by atoms with E-state index in [1.54, 1.807) is 12.1 Å². The molecule has 2 rings (SSSR count). The van der Waals surface area contributed by atoms with Crippen LogP contribution in [0.25, 0.3) is 6.08 Å². The molecule has 19 heavy (non-hydrogen) atoms. The van der Waals surface area contributed by atoms with Crippen molar-refractivity contribution in [3.8, 4) is 5.75 Å². The third-order valence-electron chi connectivity index (χ3n) is 2.68. The number of benzene rings is 1. The average Bonchev–Trinajstić information content (AvgIpc) is 2.25. The zero-order valence-corrected chi connectivity index (χ0v) is 11.5. The normalized spacial score (nSPS) is 18.4. The monoisotopic (exact) mass is 334 g/mol. The lowest BCUT2D eigenvalue weighted by Gasteiger charge is -2.29. The summed E-state index contributed by atoms with van der Waals surface area (Å²) in [5, 5.41) is 9.32. The minimum absolute atomic E-state index is 0.109. The van der Waals surface area contributed by atoms with Crippen LogP contribution in [0.5, 0.6) is 5.75 Å². The minimum atomic E-state index is -4.63. The van der Waals surface area contributed by atoms with Crippen molar-refractivity contribution in [2.75, 3.05) is 0 Å². The SMILES string of the molecule is C=C(O)C1=Cc2cc(C)cc(Br)c2OC1C(F)(F)F. The maximum Gasteiger partial charge on any atom is 0.429 e. The van der Waals surface area contributed by atoms with Gasteiger partial charge in [0, 0.05) is 11.1 Å². The van der Waals surface area contributed by atoms with Gasteiger partial charge in [-0.2, -0.15) is 13.2 Å². The fourth-order valence-electron chi connectivity index (χ4n) is 1.89. The van der Waals surface area contributed by atoms with Crippen LogP contribution in [0.3, 0.4) is 0 Å². The van der Waals surface area contributed by atoms with E-state index < -0.39 is 18.0 Å². The molecule has 0 saturated carbocycles. The second-order valence-electron chi connectivity index (χ2n) is 4.25. The number of ether oxygens (including phenoxy) is 1. The molecule has 6 heteroatoms. The first kappa shape index (κ1) is 14.0. The predicted molar refractivity (Wildman–Crippen MR) is 69.1 cm³/mol. The molecule has 1 atom stereocenters. The molecule has 0 amide bonds. The summed E-state index contributed by atoms with van der Waals surface area (Å²) in [4.78, 5) is 0. The Bertz CT molecular complexity index is 576. The van der Waals surface area contributed by atoms with Crippen LogP contribution in [0.4, 0.5) is 13.2 Å². The van der Waals surface area contributed by atoms with Gasteiger partial charge in [0.1, 0.15) is 11.5 Å². The quantitative estimate of drug-likeness (QED) is 0.764. The highest BCUT2D eigenvalue weighted by Gasteiger charge is 2.47. The molecule has 0 aromatic heterocycles. The summed E-state index contributed by atoms with van der Waals surface area (Å²) in [5.74, 6) is -0.538. The summed E-state index contributed by atoms with van der Waals surface area (Å²) in [6, 6.07) is 3.34. The lowest BCUT2D eigenvalue weighted by Crippen LogP contribution is -2.38. The van der Waals surface area contributed by atoms with Gasteiger partial charge in [0.15, 0.2) is 0 Å². The molecule has 1 aromatic rings. The van der Waals surface area contributed by atoms with Gasteiger partial charge in [0.05, 0.1) is 4.47 Å². The lowest BCUT2D eigenvalue weighted by molar-refractivity contribution is -0.183. The molecule has 1 heterocycles. The van der Waals surface area contributed by atoms with E-state index in [-0.39, 0.29) is 11.3 Å². The van der Waals surface area contributed by atoms with E-state index in [1.807, 2.05) is 6.92 Å². The molecule has 1 aromatic carbocycles. The van der Waals surface area contributed by atoms with E-state index in [0.717, 1.165) is 5.56 Å².